The van der Waals surface area contributed by atoms with E-state index in [4.69, 9.17) is 15.0 Å². The molecule has 0 atom stereocenters. The fourth-order valence-electron chi connectivity index (χ4n) is 11.3. The van der Waals surface area contributed by atoms with E-state index in [2.05, 4.69) is 241 Å². The number of rotatable bonds is 7. The molecule has 10 aromatic carbocycles. The summed E-state index contributed by atoms with van der Waals surface area (Å²) in [6, 6.07) is 85.1. The topological polar surface area (TPSA) is 48.5 Å². The van der Waals surface area contributed by atoms with Gasteiger partial charge in [-0.2, -0.15) is 0 Å². The molecule has 5 heteroatoms. The van der Waals surface area contributed by atoms with Crippen LogP contribution in [0.1, 0.15) is 25.0 Å². The Morgan fingerprint density at radius 3 is 1.38 bits per heavy atom. The number of nitrogens with zero attached hydrogens (tertiary/aromatic N) is 5. The third-order valence-electron chi connectivity index (χ3n) is 14.8. The van der Waals surface area contributed by atoms with Crippen molar-refractivity contribution in [3.05, 3.63) is 248 Å². The lowest BCUT2D eigenvalue weighted by atomic mass is 9.82. The molecule has 14 rings (SSSR count). The van der Waals surface area contributed by atoms with Gasteiger partial charge in [0.2, 0.25) is 0 Å². The zero-order chi connectivity index (χ0) is 47.2. The lowest BCUT2D eigenvalue weighted by Crippen LogP contribution is -2.15. The molecule has 0 saturated carbocycles. The third kappa shape index (κ3) is 6.58. The smallest absolute Gasteiger partial charge is 0.164 e. The molecular weight excluding hydrogens is 863 g/mol. The van der Waals surface area contributed by atoms with Crippen LogP contribution in [0.4, 0.5) is 0 Å². The van der Waals surface area contributed by atoms with Crippen molar-refractivity contribution in [2.24, 2.45) is 0 Å². The Bertz CT molecular complexity index is 4240. The largest absolute Gasteiger partial charge is 0.309 e. The number of hydrogen-bond acceptors (Lipinski definition) is 3. The minimum Gasteiger partial charge on any atom is -0.309 e. The summed E-state index contributed by atoms with van der Waals surface area (Å²) in [6.45, 7) is 4.62. The number of benzene rings is 10. The molecule has 0 amide bonds. The summed E-state index contributed by atoms with van der Waals surface area (Å²) < 4.78 is 4.78. The Morgan fingerprint density at radius 1 is 0.282 bits per heavy atom. The van der Waals surface area contributed by atoms with E-state index >= 15 is 0 Å². The quantitative estimate of drug-likeness (QED) is 0.160. The summed E-state index contributed by atoms with van der Waals surface area (Å²) in [5.41, 5.74) is 19.4. The average Bonchev–Trinajstić information content (AvgIpc) is 4.03. The van der Waals surface area contributed by atoms with Crippen LogP contribution in [0.3, 0.4) is 0 Å². The summed E-state index contributed by atoms with van der Waals surface area (Å²) >= 11 is 0. The van der Waals surface area contributed by atoms with Gasteiger partial charge in [-0.1, -0.05) is 190 Å². The van der Waals surface area contributed by atoms with E-state index < -0.39 is 0 Å². The van der Waals surface area contributed by atoms with E-state index in [-0.39, 0.29) is 5.41 Å². The maximum Gasteiger partial charge on any atom is 0.164 e. The number of para-hydroxylation sites is 3. The lowest BCUT2D eigenvalue weighted by Gasteiger charge is -2.21. The van der Waals surface area contributed by atoms with Crippen molar-refractivity contribution in [2.75, 3.05) is 0 Å². The van der Waals surface area contributed by atoms with Crippen LogP contribution in [-0.4, -0.2) is 24.1 Å². The van der Waals surface area contributed by atoms with E-state index in [1.165, 1.54) is 71.5 Å². The highest BCUT2D eigenvalue weighted by atomic mass is 15.0. The Kier molecular flexibility index (Phi) is 9.17. The van der Waals surface area contributed by atoms with E-state index in [0.29, 0.717) is 17.5 Å². The van der Waals surface area contributed by atoms with Gasteiger partial charge in [-0.05, 0) is 105 Å². The van der Waals surface area contributed by atoms with Crippen LogP contribution in [0.15, 0.2) is 237 Å². The number of aromatic nitrogens is 5. The van der Waals surface area contributed by atoms with Gasteiger partial charge in [0.05, 0.1) is 22.1 Å². The van der Waals surface area contributed by atoms with Crippen LogP contribution in [-0.2, 0) is 5.41 Å². The maximum atomic E-state index is 5.23. The molecule has 0 fully saturated rings. The second-order valence-corrected chi connectivity index (χ2v) is 19.2. The van der Waals surface area contributed by atoms with E-state index in [1.807, 2.05) is 18.2 Å². The number of hydrogen-bond donors (Lipinski definition) is 0. The normalized spacial score (nSPS) is 12.8. The maximum absolute atomic E-state index is 5.23. The zero-order valence-corrected chi connectivity index (χ0v) is 39.3. The van der Waals surface area contributed by atoms with Crippen molar-refractivity contribution < 1.29 is 0 Å². The Balaban J connectivity index is 0.849. The molecule has 1 aliphatic rings. The lowest BCUT2D eigenvalue weighted by molar-refractivity contribution is 0.660. The zero-order valence-electron chi connectivity index (χ0n) is 39.3. The molecule has 3 heterocycles. The van der Waals surface area contributed by atoms with Crippen LogP contribution in [0.2, 0.25) is 0 Å². The molecule has 0 radical (unpaired) electrons. The Hall–Kier alpha value is -9.19. The second kappa shape index (κ2) is 15.9. The van der Waals surface area contributed by atoms with E-state index in [1.54, 1.807) is 0 Å². The van der Waals surface area contributed by atoms with Crippen LogP contribution in [0, 0.1) is 0 Å². The highest BCUT2D eigenvalue weighted by Crippen LogP contribution is 2.49. The molecule has 3 aromatic heterocycles. The van der Waals surface area contributed by atoms with Gasteiger partial charge in [0.15, 0.2) is 17.5 Å². The predicted octanol–water partition coefficient (Wildman–Crippen LogP) is 16.7. The average molecular weight is 908 g/mol. The van der Waals surface area contributed by atoms with Crippen molar-refractivity contribution >= 4 is 43.6 Å². The first-order chi connectivity index (χ1) is 34.9. The second-order valence-electron chi connectivity index (χ2n) is 19.2. The molecule has 0 saturated heterocycles. The summed E-state index contributed by atoms with van der Waals surface area (Å²) in [5.74, 6) is 1.93. The summed E-state index contributed by atoms with van der Waals surface area (Å²) in [4.78, 5) is 15.5. The summed E-state index contributed by atoms with van der Waals surface area (Å²) in [6.07, 6.45) is 0. The molecule has 0 aliphatic heterocycles. The molecule has 5 nitrogen and oxygen atoms in total. The summed E-state index contributed by atoms with van der Waals surface area (Å²) in [7, 11) is 0. The van der Waals surface area contributed by atoms with Crippen molar-refractivity contribution in [1.82, 2.24) is 24.1 Å². The van der Waals surface area contributed by atoms with Crippen LogP contribution in [0.5, 0.6) is 0 Å². The van der Waals surface area contributed by atoms with Crippen LogP contribution in [0.25, 0.3) is 123 Å². The molecule has 0 N–H and O–H groups in total. The fourth-order valence-corrected chi connectivity index (χ4v) is 11.3. The van der Waals surface area contributed by atoms with Crippen molar-refractivity contribution in [3.8, 4) is 78.9 Å². The Labute approximate surface area is 411 Å². The van der Waals surface area contributed by atoms with Crippen molar-refractivity contribution in [1.29, 1.82) is 0 Å². The highest BCUT2D eigenvalue weighted by molar-refractivity contribution is 6.11. The fraction of sp³-hybridized carbons (Fsp3) is 0.0455. The predicted molar refractivity (Wildman–Crippen MR) is 293 cm³/mol. The SMILES string of the molecule is CC1(C)c2ccccc2-c2ccc(-c3nc(-c4ccccc4)nc(-c4cccc(-c5ccc6c7ccccc7n(-c7ccc(-c8ccc9c%10ccccc%10n(-c%10ccccc%10)c9c8)cc7)c6c5)c4)n3)cc21. The van der Waals surface area contributed by atoms with Gasteiger partial charge in [-0.25, -0.2) is 15.0 Å². The molecule has 0 spiro atoms. The number of fused-ring (bicyclic) bond motifs is 9. The van der Waals surface area contributed by atoms with Gasteiger partial charge in [0.25, 0.3) is 0 Å². The minimum atomic E-state index is -0.146. The van der Waals surface area contributed by atoms with E-state index in [0.717, 1.165) is 44.7 Å². The van der Waals surface area contributed by atoms with Crippen LogP contribution >= 0.6 is 0 Å². The van der Waals surface area contributed by atoms with Gasteiger partial charge in [0, 0.05) is 55.0 Å². The molecule has 13 aromatic rings. The molecule has 0 bridgehead atoms. The van der Waals surface area contributed by atoms with Gasteiger partial charge in [-0.15, -0.1) is 0 Å². The minimum absolute atomic E-state index is 0.146. The summed E-state index contributed by atoms with van der Waals surface area (Å²) in [5, 5.41) is 4.93. The molecule has 71 heavy (non-hydrogen) atoms. The van der Waals surface area contributed by atoms with Crippen LogP contribution < -0.4 is 0 Å². The van der Waals surface area contributed by atoms with E-state index in [9.17, 15) is 0 Å². The molecule has 1 aliphatic carbocycles. The first-order valence-electron chi connectivity index (χ1n) is 24.3. The molecular formula is C66H45N5. The monoisotopic (exact) mass is 907 g/mol. The van der Waals surface area contributed by atoms with Crippen molar-refractivity contribution in [2.45, 2.75) is 19.3 Å². The third-order valence-corrected chi connectivity index (χ3v) is 14.8. The Morgan fingerprint density at radius 2 is 0.718 bits per heavy atom. The molecule has 0 unspecified atom stereocenters. The van der Waals surface area contributed by atoms with Crippen molar-refractivity contribution in [3.63, 3.8) is 0 Å². The van der Waals surface area contributed by atoms with Gasteiger partial charge >= 0.3 is 0 Å². The first-order valence-corrected chi connectivity index (χ1v) is 24.3. The van der Waals surface area contributed by atoms with Gasteiger partial charge < -0.3 is 9.13 Å². The van der Waals surface area contributed by atoms with Gasteiger partial charge in [-0.3, -0.25) is 0 Å². The standard InChI is InChI=1S/C66H45N5/c1-66(2)57-25-12-9-22-51(57)52-35-32-48(39-58(52)66)65-68-63(43-16-5-3-6-17-43)67-64(69-65)47-19-15-18-44(38-47)46-31-37-56-54-24-11-14-27-60(54)71(62(56)41-46)50-33-28-42(29-34-50)45-30-36-55-53-23-10-13-26-59(53)70(61(55)40-45)49-20-7-4-8-21-49/h3-41H,1-2H3. The highest BCUT2D eigenvalue weighted by Gasteiger charge is 2.35. The first kappa shape index (κ1) is 40.8. The van der Waals surface area contributed by atoms with Gasteiger partial charge in [0.1, 0.15) is 0 Å². The molecule has 334 valence electrons.